The third-order valence-corrected chi connectivity index (χ3v) is 4.05. The van der Waals surface area contributed by atoms with Gasteiger partial charge in [-0.05, 0) is 38.0 Å². The van der Waals surface area contributed by atoms with Crippen LogP contribution < -0.4 is 10.1 Å². The number of amides is 1. The first kappa shape index (κ1) is 19.9. The Morgan fingerprint density at radius 1 is 1.26 bits per heavy atom. The Bertz CT molecular complexity index is 604. The van der Waals surface area contributed by atoms with E-state index in [-0.39, 0.29) is 15.7 Å². The number of hydrogen-bond donors (Lipinski definition) is 2. The van der Waals surface area contributed by atoms with Crippen LogP contribution in [0.25, 0.3) is 0 Å². The van der Waals surface area contributed by atoms with Gasteiger partial charge in [-0.15, -0.1) is 0 Å². The number of benzene rings is 1. The predicted molar refractivity (Wildman–Crippen MR) is 91.0 cm³/mol. The number of aliphatic carboxylic acids is 1. The molecule has 1 rings (SSSR count). The highest BCUT2D eigenvalue weighted by molar-refractivity contribution is 7.92. The molecule has 0 saturated carbocycles. The summed E-state index contributed by atoms with van der Waals surface area (Å²) in [5.41, 5.74) is -0.255. The van der Waals surface area contributed by atoms with Gasteiger partial charge in [0.2, 0.25) is 5.75 Å². The molecule has 0 aliphatic rings. The number of carboxylic acids is 1. The number of carbonyl (C=O) groups is 2. The van der Waals surface area contributed by atoms with Crippen LogP contribution in [0.3, 0.4) is 0 Å². The number of hydrogen-bond acceptors (Lipinski definition) is 4. The van der Waals surface area contributed by atoms with E-state index in [2.05, 4.69) is 5.32 Å². The summed E-state index contributed by atoms with van der Waals surface area (Å²) in [7, 11) is 0. The predicted octanol–water partition coefficient (Wildman–Crippen LogP) is 2.94. The summed E-state index contributed by atoms with van der Waals surface area (Å²) >= 11 is 10.3. The van der Waals surface area contributed by atoms with E-state index < -0.39 is 40.2 Å². The minimum Gasteiger partial charge on any atom is -0.616 e. The van der Waals surface area contributed by atoms with Crippen molar-refractivity contribution in [2.75, 3.05) is 16.8 Å². The Morgan fingerprint density at radius 3 is 2.39 bits per heavy atom. The maximum absolute atomic E-state index is 11.8. The molecule has 0 spiro atoms. The van der Waals surface area contributed by atoms with E-state index in [1.54, 1.807) is 0 Å². The molecular weight excluding hydrogens is 365 g/mol. The van der Waals surface area contributed by atoms with Crippen molar-refractivity contribution in [1.82, 2.24) is 0 Å². The summed E-state index contributed by atoms with van der Waals surface area (Å²) < 4.78 is 17.1. The highest BCUT2D eigenvalue weighted by Crippen LogP contribution is 2.36. The molecule has 1 aromatic rings. The van der Waals surface area contributed by atoms with Crippen LogP contribution in [0.15, 0.2) is 12.1 Å². The van der Waals surface area contributed by atoms with Crippen LogP contribution in [0.5, 0.6) is 5.75 Å². The molecular formula is C14H17Cl2NO5S. The molecule has 1 atom stereocenters. The van der Waals surface area contributed by atoms with Crippen LogP contribution in [0.2, 0.25) is 10.0 Å². The first-order valence-corrected chi connectivity index (χ1v) is 8.77. The SMILES string of the molecule is CC(C)(C)Oc1cc(NC(=O)C[S+]([O-])CC(=O)O)c(Cl)cc1Cl. The van der Waals surface area contributed by atoms with Gasteiger partial charge in [-0.25, -0.2) is 4.79 Å². The first-order chi connectivity index (χ1) is 10.5. The summed E-state index contributed by atoms with van der Waals surface area (Å²) in [6.45, 7) is 5.52. The van der Waals surface area contributed by atoms with Crippen molar-refractivity contribution in [2.45, 2.75) is 26.4 Å². The van der Waals surface area contributed by atoms with Crippen molar-refractivity contribution >= 4 is 51.9 Å². The molecule has 1 amide bonds. The number of carbonyl (C=O) groups excluding carboxylic acids is 1. The van der Waals surface area contributed by atoms with E-state index in [4.69, 9.17) is 33.0 Å². The summed E-state index contributed by atoms with van der Waals surface area (Å²) in [6, 6.07) is 2.89. The van der Waals surface area contributed by atoms with Crippen molar-refractivity contribution < 1.29 is 24.0 Å². The second-order valence-electron chi connectivity index (χ2n) is 5.65. The summed E-state index contributed by atoms with van der Waals surface area (Å²) in [6.07, 6.45) is 0. The van der Waals surface area contributed by atoms with Gasteiger partial charge in [0.1, 0.15) is 11.4 Å². The number of rotatable bonds is 6. The fourth-order valence-corrected chi connectivity index (χ4v) is 2.77. The molecule has 0 fully saturated rings. The third kappa shape index (κ3) is 7.30. The molecule has 23 heavy (non-hydrogen) atoms. The summed E-state index contributed by atoms with van der Waals surface area (Å²) in [5, 5.41) is 11.5. The van der Waals surface area contributed by atoms with E-state index >= 15 is 0 Å². The molecule has 0 radical (unpaired) electrons. The van der Waals surface area contributed by atoms with Gasteiger partial charge in [0.05, 0.1) is 15.7 Å². The molecule has 1 aromatic carbocycles. The van der Waals surface area contributed by atoms with Crippen molar-refractivity contribution in [3.05, 3.63) is 22.2 Å². The minimum absolute atomic E-state index is 0.189. The van der Waals surface area contributed by atoms with Crippen LogP contribution in [-0.4, -0.2) is 38.6 Å². The van der Waals surface area contributed by atoms with Gasteiger partial charge in [0, 0.05) is 6.07 Å². The zero-order valence-electron chi connectivity index (χ0n) is 12.8. The van der Waals surface area contributed by atoms with Crippen LogP contribution in [0.4, 0.5) is 5.69 Å². The highest BCUT2D eigenvalue weighted by Gasteiger charge is 2.20. The number of ether oxygens (including phenoxy) is 1. The van der Waals surface area contributed by atoms with Crippen molar-refractivity contribution in [2.24, 2.45) is 0 Å². The van der Waals surface area contributed by atoms with Crippen LogP contribution in [0, 0.1) is 0 Å². The third-order valence-electron chi connectivity index (χ3n) is 2.29. The molecule has 9 heteroatoms. The second-order valence-corrected chi connectivity index (χ2v) is 7.92. The van der Waals surface area contributed by atoms with Crippen LogP contribution in [-0.2, 0) is 20.8 Å². The summed E-state index contributed by atoms with van der Waals surface area (Å²) in [4.78, 5) is 22.3. The lowest BCUT2D eigenvalue weighted by atomic mass is 10.2. The lowest BCUT2D eigenvalue weighted by Crippen LogP contribution is -2.27. The number of halogens is 2. The average Bonchev–Trinajstić information content (AvgIpc) is 2.32. The molecule has 2 N–H and O–H groups in total. The van der Waals surface area contributed by atoms with E-state index in [9.17, 15) is 14.1 Å². The molecule has 128 valence electrons. The van der Waals surface area contributed by atoms with E-state index in [1.165, 1.54) is 12.1 Å². The molecule has 0 saturated heterocycles. The van der Waals surface area contributed by atoms with Gasteiger partial charge in [-0.3, -0.25) is 4.79 Å². The largest absolute Gasteiger partial charge is 0.616 e. The van der Waals surface area contributed by atoms with Gasteiger partial charge in [-0.1, -0.05) is 23.2 Å². The lowest BCUT2D eigenvalue weighted by molar-refractivity contribution is -0.134. The van der Waals surface area contributed by atoms with Crippen LogP contribution >= 0.6 is 23.2 Å². The minimum atomic E-state index is -1.80. The highest BCUT2D eigenvalue weighted by atomic mass is 35.5. The first-order valence-electron chi connectivity index (χ1n) is 6.52. The zero-order chi connectivity index (χ0) is 17.8. The Hall–Kier alpha value is -1.15. The Kier molecular flexibility index (Phi) is 7.01. The fourth-order valence-electron chi connectivity index (χ4n) is 1.55. The van der Waals surface area contributed by atoms with E-state index in [0.29, 0.717) is 5.75 Å². The van der Waals surface area contributed by atoms with E-state index in [1.807, 2.05) is 20.8 Å². The topological polar surface area (TPSA) is 98.7 Å². The molecule has 0 aliphatic carbocycles. The van der Waals surface area contributed by atoms with Gasteiger partial charge in [-0.2, -0.15) is 0 Å². The molecule has 0 bridgehead atoms. The number of carboxylic acid groups (broad SMARTS) is 1. The smallest absolute Gasteiger partial charge is 0.353 e. The maximum atomic E-state index is 11.8. The molecule has 0 aliphatic heterocycles. The summed E-state index contributed by atoms with van der Waals surface area (Å²) in [5.74, 6) is -2.55. The van der Waals surface area contributed by atoms with Crippen molar-refractivity contribution in [3.63, 3.8) is 0 Å². The van der Waals surface area contributed by atoms with Crippen molar-refractivity contribution in [3.8, 4) is 5.75 Å². The molecule has 1 unspecified atom stereocenters. The normalized spacial score (nSPS) is 12.6. The Labute approximate surface area is 147 Å². The maximum Gasteiger partial charge on any atom is 0.353 e. The van der Waals surface area contributed by atoms with Crippen LogP contribution in [0.1, 0.15) is 20.8 Å². The van der Waals surface area contributed by atoms with Gasteiger partial charge < -0.3 is 19.7 Å². The van der Waals surface area contributed by atoms with Gasteiger partial charge in [0.25, 0.3) is 5.91 Å². The Morgan fingerprint density at radius 2 is 1.87 bits per heavy atom. The standard InChI is InChI=1S/C14H17Cl2NO5S/c1-14(2,3)22-11-5-10(8(15)4-9(11)16)17-12(18)6-23(21)7-13(19)20/h4-5H,6-7H2,1-3H3,(H,17,18)(H,19,20). The van der Waals surface area contributed by atoms with Gasteiger partial charge in [0.15, 0.2) is 5.75 Å². The quantitative estimate of drug-likeness (QED) is 0.737. The zero-order valence-corrected chi connectivity index (χ0v) is 15.1. The molecule has 6 nitrogen and oxygen atoms in total. The Balaban J connectivity index is 2.85. The number of anilines is 1. The number of nitrogens with one attached hydrogen (secondary N) is 1. The van der Waals surface area contributed by atoms with Gasteiger partial charge >= 0.3 is 5.97 Å². The van der Waals surface area contributed by atoms with Crippen molar-refractivity contribution in [1.29, 1.82) is 0 Å². The molecule has 0 aromatic heterocycles. The average molecular weight is 382 g/mol. The molecule has 0 heterocycles. The monoisotopic (exact) mass is 381 g/mol. The van der Waals surface area contributed by atoms with E-state index in [0.717, 1.165) is 0 Å². The lowest BCUT2D eigenvalue weighted by Gasteiger charge is -2.23. The second kappa shape index (κ2) is 8.10. The fraction of sp³-hybridized carbons (Fsp3) is 0.429.